The molecule has 1 unspecified atom stereocenters. The maximum atomic E-state index is 12.8. The van der Waals surface area contributed by atoms with Gasteiger partial charge in [-0.05, 0) is 37.8 Å². The van der Waals surface area contributed by atoms with E-state index in [9.17, 15) is 9.18 Å². The van der Waals surface area contributed by atoms with E-state index in [1.165, 1.54) is 6.92 Å². The Balaban J connectivity index is 4.15. The largest absolute Gasteiger partial charge is 0.298 e. The molecule has 0 spiro atoms. The number of carbonyl (C=O) groups excluding carboxylic acids is 1. The van der Waals surface area contributed by atoms with E-state index in [1.807, 2.05) is 0 Å². The topological polar surface area (TPSA) is 17.1 Å². The first kappa shape index (κ1) is 12.3. The van der Waals surface area contributed by atoms with Crippen LogP contribution in [-0.2, 0) is 4.79 Å². The summed E-state index contributed by atoms with van der Waals surface area (Å²) in [6.45, 7) is 5.27. The van der Waals surface area contributed by atoms with Gasteiger partial charge in [-0.3, -0.25) is 4.79 Å². The second-order valence-corrected chi connectivity index (χ2v) is 3.40. The second-order valence-electron chi connectivity index (χ2n) is 3.40. The van der Waals surface area contributed by atoms with Gasteiger partial charge in [0.1, 0.15) is 12.5 Å². The minimum Gasteiger partial charge on any atom is -0.298 e. The van der Waals surface area contributed by atoms with Crippen LogP contribution in [-0.4, -0.2) is 12.5 Å². The van der Waals surface area contributed by atoms with Crippen molar-refractivity contribution >= 4 is 6.29 Å². The summed E-state index contributed by atoms with van der Waals surface area (Å²) < 4.78 is 12.8. The van der Waals surface area contributed by atoms with Crippen LogP contribution in [0, 0.1) is 0 Å². The molecule has 13 heavy (non-hydrogen) atoms. The Labute approximate surface area is 80.0 Å². The molecule has 0 fully saturated rings. The number of aldehydes is 1. The minimum atomic E-state index is -0.998. The maximum absolute atomic E-state index is 12.8. The molecule has 0 bridgehead atoms. The van der Waals surface area contributed by atoms with Gasteiger partial charge in [0.2, 0.25) is 0 Å². The number of rotatable bonds is 6. The van der Waals surface area contributed by atoms with Gasteiger partial charge < -0.3 is 0 Å². The summed E-state index contributed by atoms with van der Waals surface area (Å²) in [5.41, 5.74) is 1.23. The quantitative estimate of drug-likeness (QED) is 0.353. The van der Waals surface area contributed by atoms with E-state index in [4.69, 9.17) is 0 Å². The molecule has 0 amide bonds. The Kier molecular flexibility index (Phi) is 6.47. The van der Waals surface area contributed by atoms with Crippen molar-refractivity contribution in [1.82, 2.24) is 0 Å². The molecular formula is C11H19FO. The van der Waals surface area contributed by atoms with E-state index < -0.39 is 6.17 Å². The van der Waals surface area contributed by atoms with Gasteiger partial charge in [0.05, 0.1) is 0 Å². The molecule has 0 saturated carbocycles. The fraction of sp³-hybridized carbons (Fsp3) is 0.727. The molecule has 1 atom stereocenters. The summed E-state index contributed by atoms with van der Waals surface area (Å²) in [7, 11) is 0. The summed E-state index contributed by atoms with van der Waals surface area (Å²) in [5, 5.41) is 0. The molecule has 0 radical (unpaired) electrons. The van der Waals surface area contributed by atoms with Crippen LogP contribution in [0.4, 0.5) is 4.39 Å². The van der Waals surface area contributed by atoms with Crippen molar-refractivity contribution in [2.75, 3.05) is 0 Å². The molecule has 0 rings (SSSR count). The fourth-order valence-electron chi connectivity index (χ4n) is 1.17. The highest BCUT2D eigenvalue weighted by Crippen LogP contribution is 2.15. The van der Waals surface area contributed by atoms with E-state index in [-0.39, 0.29) is 0 Å². The van der Waals surface area contributed by atoms with Crippen LogP contribution in [0.1, 0.15) is 46.5 Å². The number of carbonyl (C=O) groups is 1. The highest BCUT2D eigenvalue weighted by atomic mass is 19.1. The zero-order valence-electron chi connectivity index (χ0n) is 8.77. The lowest BCUT2D eigenvalue weighted by atomic mass is 10.0. The second kappa shape index (κ2) is 6.81. The molecule has 0 aromatic heterocycles. The predicted octanol–water partition coefficient (Wildman–Crippen LogP) is 3.44. The van der Waals surface area contributed by atoms with E-state index in [1.54, 1.807) is 6.92 Å². The molecule has 0 aromatic rings. The van der Waals surface area contributed by atoms with Crippen LogP contribution in [0.15, 0.2) is 11.1 Å². The number of alkyl halides is 1. The summed E-state index contributed by atoms with van der Waals surface area (Å²) in [6, 6.07) is 0. The maximum Gasteiger partial charge on any atom is 0.146 e. The average molecular weight is 186 g/mol. The molecule has 0 saturated heterocycles. The normalized spacial score (nSPS) is 15.1. The lowest BCUT2D eigenvalue weighted by Gasteiger charge is -2.07. The molecule has 76 valence electrons. The highest BCUT2D eigenvalue weighted by molar-refractivity contribution is 5.74. The Morgan fingerprint density at radius 1 is 1.46 bits per heavy atom. The van der Waals surface area contributed by atoms with Gasteiger partial charge in [-0.1, -0.05) is 19.8 Å². The number of hydrogen-bond acceptors (Lipinski definition) is 1. The Morgan fingerprint density at radius 2 is 2.08 bits per heavy atom. The van der Waals surface area contributed by atoms with Gasteiger partial charge >= 0.3 is 0 Å². The summed E-state index contributed by atoms with van der Waals surface area (Å²) in [6.07, 6.45) is 3.72. The summed E-state index contributed by atoms with van der Waals surface area (Å²) >= 11 is 0. The van der Waals surface area contributed by atoms with Crippen LogP contribution >= 0.6 is 0 Å². The van der Waals surface area contributed by atoms with Crippen molar-refractivity contribution in [3.63, 3.8) is 0 Å². The number of allylic oxidation sites excluding steroid dienone is 2. The van der Waals surface area contributed by atoms with Gasteiger partial charge in [-0.2, -0.15) is 0 Å². The van der Waals surface area contributed by atoms with Crippen LogP contribution in [0.5, 0.6) is 0 Å². The van der Waals surface area contributed by atoms with Crippen molar-refractivity contribution in [1.29, 1.82) is 0 Å². The summed E-state index contributed by atoms with van der Waals surface area (Å²) in [5.74, 6) is 0. The molecule has 1 nitrogen and oxygen atoms in total. The molecule has 0 aliphatic carbocycles. The Hall–Kier alpha value is -0.660. The number of halogens is 1. The van der Waals surface area contributed by atoms with Gasteiger partial charge in [-0.15, -0.1) is 0 Å². The SMILES string of the molecule is CCCCC/C(C=O)=C(\C)C(C)F. The van der Waals surface area contributed by atoms with E-state index >= 15 is 0 Å². The molecule has 0 heterocycles. The lowest BCUT2D eigenvalue weighted by molar-refractivity contribution is -0.105. The van der Waals surface area contributed by atoms with Crippen molar-refractivity contribution < 1.29 is 9.18 Å². The predicted molar refractivity (Wildman–Crippen MR) is 53.5 cm³/mol. The van der Waals surface area contributed by atoms with Crippen molar-refractivity contribution in [2.45, 2.75) is 52.6 Å². The zero-order chi connectivity index (χ0) is 10.3. The third kappa shape index (κ3) is 4.81. The smallest absolute Gasteiger partial charge is 0.146 e. The minimum absolute atomic E-state index is 0.589. The fourth-order valence-corrected chi connectivity index (χ4v) is 1.17. The molecule has 0 aliphatic heterocycles. The van der Waals surface area contributed by atoms with Gasteiger partial charge in [0, 0.05) is 0 Å². The van der Waals surface area contributed by atoms with Crippen LogP contribution in [0.2, 0.25) is 0 Å². The highest BCUT2D eigenvalue weighted by Gasteiger charge is 2.07. The third-order valence-electron chi connectivity index (χ3n) is 2.30. The number of unbranched alkanes of at least 4 members (excludes halogenated alkanes) is 2. The summed E-state index contributed by atoms with van der Waals surface area (Å²) in [4.78, 5) is 10.6. The first-order valence-corrected chi connectivity index (χ1v) is 4.92. The van der Waals surface area contributed by atoms with E-state index in [2.05, 4.69) is 6.92 Å². The van der Waals surface area contributed by atoms with Crippen molar-refractivity contribution in [2.24, 2.45) is 0 Å². The van der Waals surface area contributed by atoms with E-state index in [0.29, 0.717) is 11.1 Å². The standard InChI is InChI=1S/C11H19FO/c1-4-5-6-7-11(8-13)9(2)10(3)12/h8,10H,4-7H2,1-3H3/b11-9-. The molecular weight excluding hydrogens is 167 g/mol. The molecule has 2 heteroatoms. The van der Waals surface area contributed by atoms with Crippen LogP contribution in [0.25, 0.3) is 0 Å². The van der Waals surface area contributed by atoms with Gasteiger partial charge in [0.25, 0.3) is 0 Å². The average Bonchev–Trinajstić information content (AvgIpc) is 2.11. The lowest BCUT2D eigenvalue weighted by Crippen LogP contribution is -2.01. The first-order valence-electron chi connectivity index (χ1n) is 4.92. The van der Waals surface area contributed by atoms with Crippen LogP contribution < -0.4 is 0 Å². The number of hydrogen-bond donors (Lipinski definition) is 0. The zero-order valence-corrected chi connectivity index (χ0v) is 8.77. The van der Waals surface area contributed by atoms with Crippen LogP contribution in [0.3, 0.4) is 0 Å². The Bertz CT molecular complexity index is 183. The molecule has 0 N–H and O–H groups in total. The molecule has 0 aromatic carbocycles. The monoisotopic (exact) mass is 186 g/mol. The van der Waals surface area contributed by atoms with Gasteiger partial charge in [-0.25, -0.2) is 4.39 Å². The van der Waals surface area contributed by atoms with Crippen molar-refractivity contribution in [3.05, 3.63) is 11.1 Å². The molecule has 0 aliphatic rings. The van der Waals surface area contributed by atoms with Gasteiger partial charge in [0.15, 0.2) is 0 Å². The van der Waals surface area contributed by atoms with E-state index in [0.717, 1.165) is 32.0 Å². The Morgan fingerprint density at radius 3 is 2.46 bits per heavy atom. The first-order chi connectivity index (χ1) is 6.13. The third-order valence-corrected chi connectivity index (χ3v) is 2.30. The van der Waals surface area contributed by atoms with Crippen molar-refractivity contribution in [3.8, 4) is 0 Å².